The second kappa shape index (κ2) is 7.41. The number of hydrogen-bond donors (Lipinski definition) is 2. The first kappa shape index (κ1) is 16.7. The number of carboxylic acid groups (broad SMARTS) is 1. The molecule has 1 amide bonds. The van der Waals surface area contributed by atoms with Crippen LogP contribution in [0.5, 0.6) is 0 Å². The molecule has 1 rings (SSSR count). The van der Waals surface area contributed by atoms with E-state index in [9.17, 15) is 14.4 Å². The van der Waals surface area contributed by atoms with Crippen molar-refractivity contribution in [2.24, 2.45) is 7.05 Å². The van der Waals surface area contributed by atoms with Crippen molar-refractivity contribution >= 4 is 17.8 Å². The van der Waals surface area contributed by atoms with Crippen LogP contribution in [0, 0.1) is 6.92 Å². The minimum atomic E-state index is -1.20. The molecule has 21 heavy (non-hydrogen) atoms. The molecular weight excluding hydrogens is 278 g/mol. The summed E-state index contributed by atoms with van der Waals surface area (Å²) in [7, 11) is 1.59. The van der Waals surface area contributed by atoms with Crippen LogP contribution in [-0.2, 0) is 21.4 Å². The molecule has 0 aliphatic heterocycles. The van der Waals surface area contributed by atoms with Crippen LogP contribution in [0.25, 0.3) is 0 Å². The Bertz CT molecular complexity index is 538. The topological polar surface area (TPSA) is 111 Å². The molecule has 0 fully saturated rings. The predicted molar refractivity (Wildman–Crippen MR) is 72.7 cm³/mol. The molecular formula is C13H19N3O5. The van der Waals surface area contributed by atoms with Crippen LogP contribution in [0.1, 0.15) is 35.9 Å². The van der Waals surface area contributed by atoms with Crippen molar-refractivity contribution in [2.45, 2.75) is 32.7 Å². The Hall–Kier alpha value is -2.38. The lowest BCUT2D eigenvalue weighted by atomic mass is 10.1. The average Bonchev–Trinajstić information content (AvgIpc) is 2.73. The van der Waals surface area contributed by atoms with E-state index in [1.165, 1.54) is 4.68 Å². The number of hydrogen-bond acceptors (Lipinski definition) is 5. The van der Waals surface area contributed by atoms with E-state index in [1.54, 1.807) is 27.0 Å². The molecule has 0 bridgehead atoms. The van der Waals surface area contributed by atoms with Gasteiger partial charge in [-0.05, 0) is 26.3 Å². The molecule has 0 saturated heterocycles. The monoisotopic (exact) mass is 297 g/mol. The number of ether oxygens (including phenoxy) is 1. The first-order chi connectivity index (χ1) is 9.85. The standard InChI is InChI=1S/C13H19N3O5/c1-4-21-11(17)6-5-9(13(19)20)14-12(18)10-7-8(2)15-16(10)3/h7,9H,4-6H2,1-3H3,(H,14,18)(H,19,20)/t9-/m0/s1. The Kier molecular flexibility index (Phi) is 5.89. The Morgan fingerprint density at radius 3 is 2.62 bits per heavy atom. The fourth-order valence-corrected chi connectivity index (χ4v) is 1.81. The lowest BCUT2D eigenvalue weighted by molar-refractivity contribution is -0.144. The lowest BCUT2D eigenvalue weighted by Crippen LogP contribution is -2.41. The highest BCUT2D eigenvalue weighted by molar-refractivity contribution is 5.95. The van der Waals surface area contributed by atoms with Crippen LogP contribution in [0.3, 0.4) is 0 Å². The second-order valence-corrected chi connectivity index (χ2v) is 4.50. The number of aromatic nitrogens is 2. The van der Waals surface area contributed by atoms with Gasteiger partial charge in [0.15, 0.2) is 0 Å². The van der Waals surface area contributed by atoms with Crippen molar-refractivity contribution in [3.8, 4) is 0 Å². The van der Waals surface area contributed by atoms with Gasteiger partial charge in [-0.3, -0.25) is 14.3 Å². The van der Waals surface area contributed by atoms with E-state index in [4.69, 9.17) is 9.84 Å². The summed E-state index contributed by atoms with van der Waals surface area (Å²) in [6.45, 7) is 3.63. The van der Waals surface area contributed by atoms with E-state index in [-0.39, 0.29) is 25.1 Å². The summed E-state index contributed by atoms with van der Waals surface area (Å²) in [4.78, 5) is 34.4. The van der Waals surface area contributed by atoms with Crippen LogP contribution in [0.15, 0.2) is 6.07 Å². The van der Waals surface area contributed by atoms with Gasteiger partial charge in [0.1, 0.15) is 11.7 Å². The third kappa shape index (κ3) is 4.90. The smallest absolute Gasteiger partial charge is 0.326 e. The third-order valence-electron chi connectivity index (χ3n) is 2.78. The van der Waals surface area contributed by atoms with Crippen molar-refractivity contribution in [3.05, 3.63) is 17.5 Å². The minimum absolute atomic E-state index is 0.0310. The first-order valence-electron chi connectivity index (χ1n) is 6.55. The van der Waals surface area contributed by atoms with Crippen molar-refractivity contribution in [3.63, 3.8) is 0 Å². The number of nitrogens with zero attached hydrogens (tertiary/aromatic N) is 2. The van der Waals surface area contributed by atoms with Crippen molar-refractivity contribution in [1.29, 1.82) is 0 Å². The average molecular weight is 297 g/mol. The molecule has 8 nitrogen and oxygen atoms in total. The normalized spacial score (nSPS) is 11.8. The zero-order chi connectivity index (χ0) is 16.0. The van der Waals surface area contributed by atoms with Gasteiger partial charge in [0.05, 0.1) is 12.3 Å². The first-order valence-corrected chi connectivity index (χ1v) is 6.55. The van der Waals surface area contributed by atoms with Gasteiger partial charge in [-0.15, -0.1) is 0 Å². The molecule has 0 aliphatic rings. The number of amides is 1. The molecule has 0 unspecified atom stereocenters. The molecule has 1 atom stereocenters. The number of rotatable bonds is 7. The van der Waals surface area contributed by atoms with Gasteiger partial charge < -0.3 is 15.2 Å². The molecule has 1 aromatic heterocycles. The van der Waals surface area contributed by atoms with E-state index >= 15 is 0 Å². The fraction of sp³-hybridized carbons (Fsp3) is 0.538. The van der Waals surface area contributed by atoms with E-state index < -0.39 is 23.9 Å². The van der Waals surface area contributed by atoms with Gasteiger partial charge in [0.2, 0.25) is 0 Å². The molecule has 0 spiro atoms. The van der Waals surface area contributed by atoms with Crippen molar-refractivity contribution < 1.29 is 24.2 Å². The molecule has 2 N–H and O–H groups in total. The molecule has 0 aromatic carbocycles. The van der Waals surface area contributed by atoms with E-state index in [0.29, 0.717) is 5.69 Å². The van der Waals surface area contributed by atoms with Crippen LogP contribution in [0.4, 0.5) is 0 Å². The van der Waals surface area contributed by atoms with Gasteiger partial charge in [0.25, 0.3) is 5.91 Å². The van der Waals surface area contributed by atoms with Crippen LogP contribution >= 0.6 is 0 Å². The highest BCUT2D eigenvalue weighted by Crippen LogP contribution is 2.05. The number of nitrogens with one attached hydrogen (secondary N) is 1. The summed E-state index contributed by atoms with van der Waals surface area (Å²) in [5, 5.41) is 15.5. The highest BCUT2D eigenvalue weighted by Gasteiger charge is 2.23. The number of carboxylic acids is 1. The Morgan fingerprint density at radius 1 is 1.48 bits per heavy atom. The van der Waals surface area contributed by atoms with Gasteiger partial charge in [0, 0.05) is 13.5 Å². The molecule has 1 aromatic rings. The maximum Gasteiger partial charge on any atom is 0.326 e. The van der Waals surface area contributed by atoms with Gasteiger partial charge >= 0.3 is 11.9 Å². The summed E-state index contributed by atoms with van der Waals surface area (Å²) >= 11 is 0. The number of aryl methyl sites for hydroxylation is 2. The van der Waals surface area contributed by atoms with Crippen molar-refractivity contribution in [1.82, 2.24) is 15.1 Å². The minimum Gasteiger partial charge on any atom is -0.480 e. The van der Waals surface area contributed by atoms with Gasteiger partial charge in [-0.25, -0.2) is 4.79 Å². The molecule has 0 saturated carbocycles. The zero-order valence-corrected chi connectivity index (χ0v) is 12.3. The largest absolute Gasteiger partial charge is 0.480 e. The Morgan fingerprint density at radius 2 is 2.14 bits per heavy atom. The molecule has 1 heterocycles. The highest BCUT2D eigenvalue weighted by atomic mass is 16.5. The zero-order valence-electron chi connectivity index (χ0n) is 12.3. The summed E-state index contributed by atoms with van der Waals surface area (Å²) in [5.41, 5.74) is 0.913. The van der Waals surface area contributed by atoms with E-state index in [1.807, 2.05) is 0 Å². The summed E-state index contributed by atoms with van der Waals surface area (Å²) < 4.78 is 6.10. The molecule has 8 heteroatoms. The van der Waals surface area contributed by atoms with Crippen LogP contribution in [0.2, 0.25) is 0 Å². The molecule has 0 radical (unpaired) electrons. The molecule has 0 aliphatic carbocycles. The van der Waals surface area contributed by atoms with Gasteiger partial charge in [-0.1, -0.05) is 0 Å². The summed E-state index contributed by atoms with van der Waals surface area (Å²) in [5.74, 6) is -2.24. The lowest BCUT2D eigenvalue weighted by Gasteiger charge is -2.14. The second-order valence-electron chi connectivity index (χ2n) is 4.50. The van der Waals surface area contributed by atoms with Crippen molar-refractivity contribution in [2.75, 3.05) is 6.61 Å². The summed E-state index contributed by atoms with van der Waals surface area (Å²) in [6, 6.07) is 0.400. The maximum atomic E-state index is 12.0. The number of esters is 1. The number of carbonyl (C=O) groups is 3. The quantitative estimate of drug-likeness (QED) is 0.698. The van der Waals surface area contributed by atoms with Crippen LogP contribution < -0.4 is 5.32 Å². The molecule has 116 valence electrons. The number of carbonyl (C=O) groups excluding carboxylic acids is 2. The predicted octanol–water partition coefficient (Wildman–Crippen LogP) is 0.255. The van der Waals surface area contributed by atoms with Gasteiger partial charge in [-0.2, -0.15) is 5.10 Å². The Labute approximate surface area is 122 Å². The SMILES string of the molecule is CCOC(=O)CC[C@H](NC(=O)c1cc(C)nn1C)C(=O)O. The number of aliphatic carboxylic acids is 1. The third-order valence-corrected chi connectivity index (χ3v) is 2.78. The fourth-order valence-electron chi connectivity index (χ4n) is 1.81. The van der Waals surface area contributed by atoms with E-state index in [2.05, 4.69) is 10.4 Å². The maximum absolute atomic E-state index is 12.0. The van der Waals surface area contributed by atoms with Crippen LogP contribution in [-0.4, -0.2) is 45.4 Å². The van der Waals surface area contributed by atoms with E-state index in [0.717, 1.165) is 0 Å². The Balaban J connectivity index is 2.66. The summed E-state index contributed by atoms with van der Waals surface area (Å²) in [6.07, 6.45) is -0.105.